The average Bonchev–Trinajstić information content (AvgIpc) is 3.39. The Balaban J connectivity index is 1.49. The Labute approximate surface area is 233 Å². The van der Waals surface area contributed by atoms with Crippen LogP contribution in [0.2, 0.25) is 15.1 Å². The monoisotopic (exact) mass is 567 g/mol. The Kier molecular flexibility index (Phi) is 7.63. The van der Waals surface area contributed by atoms with Gasteiger partial charge < -0.3 is 10.6 Å². The molecule has 2 N–H and O–H groups in total. The van der Waals surface area contributed by atoms with Crippen molar-refractivity contribution in [2.45, 2.75) is 18.5 Å². The zero-order valence-corrected chi connectivity index (χ0v) is 22.3. The molecule has 3 aromatic carbocycles. The number of carbonyl (C=O) groups is 2. The van der Waals surface area contributed by atoms with E-state index in [9.17, 15) is 9.59 Å². The molecule has 0 radical (unpaired) electrons. The molecule has 0 saturated heterocycles. The third-order valence-electron chi connectivity index (χ3n) is 5.95. The fraction of sp³-hybridized carbons (Fsp3) is 0.107. The van der Waals surface area contributed by atoms with Gasteiger partial charge in [0, 0.05) is 21.0 Å². The van der Waals surface area contributed by atoms with Crippen LogP contribution >= 0.6 is 46.1 Å². The molecule has 4 aromatic rings. The highest BCUT2D eigenvalue weighted by molar-refractivity contribution is 7.10. The summed E-state index contributed by atoms with van der Waals surface area (Å²) in [5.74, 6) is -1.32. The molecule has 5 rings (SSSR count). The van der Waals surface area contributed by atoms with Crippen molar-refractivity contribution < 1.29 is 9.59 Å². The van der Waals surface area contributed by atoms with E-state index in [1.807, 2.05) is 53.9 Å². The molecule has 1 aromatic heterocycles. The van der Waals surface area contributed by atoms with Gasteiger partial charge in [-0.3, -0.25) is 9.59 Å². The van der Waals surface area contributed by atoms with Gasteiger partial charge in [-0.2, -0.15) is 0 Å². The Morgan fingerprint density at radius 2 is 1.78 bits per heavy atom. The highest BCUT2D eigenvalue weighted by Crippen LogP contribution is 2.30. The van der Waals surface area contributed by atoms with E-state index in [1.165, 1.54) is 11.3 Å². The van der Waals surface area contributed by atoms with E-state index in [0.29, 0.717) is 38.5 Å². The lowest BCUT2D eigenvalue weighted by Gasteiger charge is -2.19. The van der Waals surface area contributed by atoms with Crippen molar-refractivity contribution in [1.29, 1.82) is 0 Å². The third kappa shape index (κ3) is 5.73. The smallest absolute Gasteiger partial charge is 0.269 e. The van der Waals surface area contributed by atoms with E-state index in [2.05, 4.69) is 10.6 Å². The predicted octanol–water partition coefficient (Wildman–Crippen LogP) is 6.97. The molecule has 0 bridgehead atoms. The molecule has 37 heavy (non-hydrogen) atoms. The van der Waals surface area contributed by atoms with E-state index in [0.717, 1.165) is 16.0 Å². The second kappa shape index (κ2) is 11.1. The van der Waals surface area contributed by atoms with Crippen LogP contribution in [0.4, 0.5) is 5.69 Å². The first kappa shape index (κ1) is 25.5. The topological polar surface area (TPSA) is 70.6 Å². The normalized spacial score (nSPS) is 15.7. The number of nitrogens with one attached hydrogen (secondary N) is 2. The maximum Gasteiger partial charge on any atom is 0.269 e. The molecule has 1 unspecified atom stereocenters. The number of hydrogen-bond donors (Lipinski definition) is 2. The summed E-state index contributed by atoms with van der Waals surface area (Å²) in [5, 5.41) is 9.04. The number of benzene rings is 3. The molecular weight excluding hydrogens is 549 g/mol. The first-order valence-corrected chi connectivity index (χ1v) is 13.4. The van der Waals surface area contributed by atoms with Gasteiger partial charge in [0.15, 0.2) is 0 Å². The lowest BCUT2D eigenvalue weighted by Crippen LogP contribution is -2.44. The number of halogens is 3. The van der Waals surface area contributed by atoms with Crippen LogP contribution < -0.4 is 10.6 Å². The number of thiophene rings is 1. The third-order valence-corrected chi connectivity index (χ3v) is 7.91. The van der Waals surface area contributed by atoms with E-state index in [1.54, 1.807) is 30.3 Å². The van der Waals surface area contributed by atoms with E-state index in [-0.39, 0.29) is 5.91 Å². The van der Waals surface area contributed by atoms with Crippen LogP contribution in [0.5, 0.6) is 0 Å². The summed E-state index contributed by atoms with van der Waals surface area (Å²) in [4.78, 5) is 32.5. The van der Waals surface area contributed by atoms with Crippen molar-refractivity contribution in [1.82, 2.24) is 5.32 Å². The van der Waals surface area contributed by atoms with Crippen molar-refractivity contribution >= 4 is 69.4 Å². The Hall–Kier alpha value is -3.16. The molecule has 1 aliphatic rings. The highest BCUT2D eigenvalue weighted by atomic mass is 35.5. The first-order chi connectivity index (χ1) is 17.9. The molecule has 2 heterocycles. The molecule has 5 nitrogen and oxygen atoms in total. The molecule has 186 valence electrons. The minimum Gasteiger partial charge on any atom is -0.326 e. The van der Waals surface area contributed by atoms with Crippen LogP contribution in [0, 0.1) is 0 Å². The van der Waals surface area contributed by atoms with Gasteiger partial charge in [0.1, 0.15) is 0 Å². The maximum absolute atomic E-state index is 13.7. The average molecular weight is 569 g/mol. The van der Waals surface area contributed by atoms with E-state index < -0.39 is 18.0 Å². The van der Waals surface area contributed by atoms with Gasteiger partial charge in [-0.25, -0.2) is 4.99 Å². The highest BCUT2D eigenvalue weighted by Gasteiger charge is 2.31. The predicted molar refractivity (Wildman–Crippen MR) is 151 cm³/mol. The summed E-state index contributed by atoms with van der Waals surface area (Å²) in [6, 6.07) is 23.8. The quantitative estimate of drug-likeness (QED) is 0.264. The summed E-state index contributed by atoms with van der Waals surface area (Å²) in [7, 11) is 0. The molecule has 0 saturated carbocycles. The Morgan fingerprint density at radius 3 is 2.51 bits per heavy atom. The van der Waals surface area contributed by atoms with Crippen LogP contribution in [0.3, 0.4) is 0 Å². The van der Waals surface area contributed by atoms with Crippen molar-refractivity contribution in [3.05, 3.63) is 121 Å². The number of carbonyl (C=O) groups excluding carboxylic acids is 2. The van der Waals surface area contributed by atoms with Crippen LogP contribution in [-0.4, -0.2) is 23.7 Å². The molecule has 0 aliphatic carbocycles. The fourth-order valence-electron chi connectivity index (χ4n) is 4.15. The molecule has 0 spiro atoms. The largest absolute Gasteiger partial charge is 0.326 e. The molecule has 2 amide bonds. The molecule has 9 heteroatoms. The summed E-state index contributed by atoms with van der Waals surface area (Å²) in [5.41, 5.74) is 3.45. The zero-order chi connectivity index (χ0) is 25.9. The lowest BCUT2D eigenvalue weighted by molar-refractivity contribution is -0.127. The Morgan fingerprint density at radius 1 is 0.973 bits per heavy atom. The van der Waals surface area contributed by atoms with Gasteiger partial charge >= 0.3 is 0 Å². The number of amides is 2. The minimum atomic E-state index is -1.15. The number of anilines is 1. The zero-order valence-electron chi connectivity index (χ0n) is 19.3. The maximum atomic E-state index is 13.7. The number of rotatable bonds is 6. The van der Waals surface area contributed by atoms with Gasteiger partial charge in [0.25, 0.3) is 5.91 Å². The van der Waals surface area contributed by atoms with Crippen molar-refractivity contribution in [3.8, 4) is 0 Å². The van der Waals surface area contributed by atoms with E-state index >= 15 is 0 Å². The summed E-state index contributed by atoms with van der Waals surface area (Å²) < 4.78 is 0. The van der Waals surface area contributed by atoms with Crippen LogP contribution in [0.15, 0.2) is 89.2 Å². The number of aliphatic imine (C=N–C) groups is 1. The minimum absolute atomic E-state index is 0.325. The molecule has 1 aliphatic heterocycles. The van der Waals surface area contributed by atoms with Gasteiger partial charge in [0.05, 0.1) is 27.4 Å². The summed E-state index contributed by atoms with van der Waals surface area (Å²) >= 11 is 20.0. The molecule has 0 fully saturated rings. The lowest BCUT2D eigenvalue weighted by atomic mass is 9.96. The van der Waals surface area contributed by atoms with E-state index in [4.69, 9.17) is 39.8 Å². The number of hydrogen-bond acceptors (Lipinski definition) is 4. The number of benzodiazepines with no additional fused rings is 1. The second-order valence-electron chi connectivity index (χ2n) is 8.45. The number of nitrogens with zero attached hydrogens (tertiary/aromatic N) is 1. The van der Waals surface area contributed by atoms with Crippen molar-refractivity contribution in [2.24, 2.45) is 4.99 Å². The number of fused-ring (bicyclic) bond motifs is 1. The van der Waals surface area contributed by atoms with Gasteiger partial charge in [-0.15, -0.1) is 11.3 Å². The molecular formula is C28H20Cl3N3O2S. The van der Waals surface area contributed by atoms with Crippen LogP contribution in [-0.2, 0) is 16.0 Å². The van der Waals surface area contributed by atoms with Gasteiger partial charge in [-0.1, -0.05) is 77.3 Å². The second-order valence-corrected chi connectivity index (χ2v) is 10.7. The van der Waals surface area contributed by atoms with Crippen LogP contribution in [0.25, 0.3) is 0 Å². The summed E-state index contributed by atoms with van der Waals surface area (Å²) in [6.45, 7) is 0. The summed E-state index contributed by atoms with van der Waals surface area (Å²) in [6.07, 6.45) is -0.770. The SMILES string of the molecule is O=C1Nc2ccc(Cl)cc2C(c2ccccc2)=NC1NC(=O)[C@@H](Cc1ccc(Cl)c(Cl)c1)c1cccs1. The first-order valence-electron chi connectivity index (χ1n) is 11.4. The van der Waals surface area contributed by atoms with Crippen molar-refractivity contribution in [3.63, 3.8) is 0 Å². The fourth-order valence-corrected chi connectivity index (χ4v) is 5.47. The Bertz CT molecular complexity index is 1490. The van der Waals surface area contributed by atoms with Crippen LogP contribution in [0.1, 0.15) is 27.5 Å². The molecule has 2 atom stereocenters. The van der Waals surface area contributed by atoms with Gasteiger partial charge in [0.2, 0.25) is 12.1 Å². The van der Waals surface area contributed by atoms with Crippen molar-refractivity contribution in [2.75, 3.05) is 5.32 Å². The standard InChI is InChI=1S/C28H20Cl3N3O2S/c29-18-9-11-23-19(15-18)25(17-5-2-1-3-6-17)33-26(28(36)32-23)34-27(35)20(24-7-4-12-37-24)13-16-8-10-21(30)22(31)14-16/h1-12,14-15,20,26H,13H2,(H,32,36)(H,34,35)/t20-,26?/m0/s1. The van der Waals surface area contributed by atoms with Gasteiger partial charge in [-0.05, 0) is 53.8 Å².